The molecule has 2 rings (SSSR count). The van der Waals surface area contributed by atoms with Crippen LogP contribution in [0, 0.1) is 5.41 Å². The molecule has 1 aliphatic carbocycles. The number of nitrogens with one attached hydrogen (secondary N) is 1. The molecule has 0 aromatic rings. The third kappa shape index (κ3) is 4.09. The third-order valence-corrected chi connectivity index (χ3v) is 3.26. The summed E-state index contributed by atoms with van der Waals surface area (Å²) in [6, 6.07) is 0.383. The van der Waals surface area contributed by atoms with Gasteiger partial charge in [-0.3, -0.25) is 0 Å². The summed E-state index contributed by atoms with van der Waals surface area (Å²) in [7, 11) is 0. The van der Waals surface area contributed by atoms with Gasteiger partial charge in [0.05, 0.1) is 18.5 Å². The highest BCUT2D eigenvalue weighted by atomic mass is 16.7. The summed E-state index contributed by atoms with van der Waals surface area (Å²) >= 11 is 0. The van der Waals surface area contributed by atoms with Crippen LogP contribution in [0.1, 0.15) is 33.6 Å². The Balaban J connectivity index is 1.72. The second kappa shape index (κ2) is 5.36. The van der Waals surface area contributed by atoms with E-state index in [0.717, 1.165) is 12.8 Å². The van der Waals surface area contributed by atoms with Gasteiger partial charge >= 0.3 is 12.0 Å². The van der Waals surface area contributed by atoms with Gasteiger partial charge in [0.25, 0.3) is 0 Å². The predicted octanol–water partition coefficient (Wildman–Crippen LogP) is 0.980. The maximum absolute atomic E-state index is 11.8. The molecule has 0 bridgehead atoms. The number of carbonyl (C=O) groups is 2. The van der Waals surface area contributed by atoms with E-state index >= 15 is 0 Å². The van der Waals surface area contributed by atoms with Gasteiger partial charge in [0.15, 0.2) is 0 Å². The summed E-state index contributed by atoms with van der Waals surface area (Å²) in [5.41, 5.74) is -0.500. The molecule has 2 aliphatic rings. The standard InChI is InChI=1S/C13H23N3O3/c1-13(2,3)11(17)19-16-8-6-15(7-9-16)12(18)14-10-4-5-10/h10H,4-9H2,1-3H3,(H,14,18). The molecule has 1 heterocycles. The molecule has 0 aromatic heterocycles. The summed E-state index contributed by atoms with van der Waals surface area (Å²) in [6.45, 7) is 7.81. The van der Waals surface area contributed by atoms with E-state index in [1.807, 2.05) is 20.8 Å². The highest BCUT2D eigenvalue weighted by Gasteiger charge is 2.30. The average Bonchev–Trinajstić information content (AvgIpc) is 3.12. The Bertz CT molecular complexity index is 353. The van der Waals surface area contributed by atoms with E-state index < -0.39 is 5.41 Å². The van der Waals surface area contributed by atoms with Gasteiger partial charge < -0.3 is 15.1 Å². The van der Waals surface area contributed by atoms with Crippen molar-refractivity contribution in [3.63, 3.8) is 0 Å². The monoisotopic (exact) mass is 269 g/mol. The first-order chi connectivity index (χ1) is 8.86. The van der Waals surface area contributed by atoms with E-state index in [9.17, 15) is 9.59 Å². The molecule has 1 saturated carbocycles. The first kappa shape index (κ1) is 14.1. The van der Waals surface area contributed by atoms with Crippen LogP contribution in [-0.2, 0) is 9.63 Å². The maximum atomic E-state index is 11.8. The van der Waals surface area contributed by atoms with Gasteiger partial charge in [-0.25, -0.2) is 9.59 Å². The molecule has 0 unspecified atom stereocenters. The summed E-state index contributed by atoms with van der Waals surface area (Å²) in [6.07, 6.45) is 2.18. The van der Waals surface area contributed by atoms with E-state index in [-0.39, 0.29) is 12.0 Å². The number of amides is 2. The Morgan fingerprint density at radius 1 is 1.11 bits per heavy atom. The minimum Gasteiger partial charge on any atom is -0.367 e. The number of hydrogen-bond acceptors (Lipinski definition) is 4. The number of piperazine rings is 1. The topological polar surface area (TPSA) is 61.9 Å². The molecular formula is C13H23N3O3. The number of urea groups is 1. The molecule has 0 aromatic carbocycles. The van der Waals surface area contributed by atoms with E-state index in [0.29, 0.717) is 32.2 Å². The van der Waals surface area contributed by atoms with Crippen LogP contribution in [0.2, 0.25) is 0 Å². The minimum atomic E-state index is -0.500. The van der Waals surface area contributed by atoms with E-state index in [1.165, 1.54) is 0 Å². The second-order valence-corrected chi connectivity index (χ2v) is 6.27. The van der Waals surface area contributed by atoms with Crippen LogP contribution < -0.4 is 5.32 Å². The van der Waals surface area contributed by atoms with Crippen LogP contribution in [0.25, 0.3) is 0 Å². The molecule has 0 spiro atoms. The summed E-state index contributed by atoms with van der Waals surface area (Å²) in [5, 5.41) is 4.61. The summed E-state index contributed by atoms with van der Waals surface area (Å²) in [5.74, 6) is -0.233. The van der Waals surface area contributed by atoms with Gasteiger partial charge in [-0.2, -0.15) is 0 Å². The molecule has 19 heavy (non-hydrogen) atoms. The molecule has 1 N–H and O–H groups in total. The van der Waals surface area contributed by atoms with Gasteiger partial charge in [0.1, 0.15) is 0 Å². The molecular weight excluding hydrogens is 246 g/mol. The molecule has 0 radical (unpaired) electrons. The Kier molecular flexibility index (Phi) is 3.99. The highest BCUT2D eigenvalue weighted by Crippen LogP contribution is 2.19. The maximum Gasteiger partial charge on any atom is 0.330 e. The number of nitrogens with zero attached hydrogens (tertiary/aromatic N) is 2. The average molecular weight is 269 g/mol. The predicted molar refractivity (Wildman–Crippen MR) is 70.2 cm³/mol. The van der Waals surface area contributed by atoms with Gasteiger partial charge in [-0.1, -0.05) is 0 Å². The summed E-state index contributed by atoms with van der Waals surface area (Å²) in [4.78, 5) is 30.7. The molecule has 1 aliphatic heterocycles. The van der Waals surface area contributed by atoms with Gasteiger partial charge in [-0.05, 0) is 33.6 Å². The fraction of sp³-hybridized carbons (Fsp3) is 0.846. The zero-order chi connectivity index (χ0) is 14.0. The smallest absolute Gasteiger partial charge is 0.330 e. The van der Waals surface area contributed by atoms with E-state index in [1.54, 1.807) is 9.96 Å². The number of hydrogen-bond donors (Lipinski definition) is 1. The lowest BCUT2D eigenvalue weighted by Gasteiger charge is -2.34. The molecule has 6 heteroatoms. The van der Waals surface area contributed by atoms with Crippen LogP contribution in [0.4, 0.5) is 4.79 Å². The molecule has 108 valence electrons. The molecule has 0 atom stereocenters. The normalized spacial score (nSPS) is 21.1. The Morgan fingerprint density at radius 3 is 2.16 bits per heavy atom. The van der Waals surface area contributed by atoms with Gasteiger partial charge in [-0.15, -0.1) is 5.06 Å². The van der Waals surface area contributed by atoms with E-state index in [4.69, 9.17) is 4.84 Å². The highest BCUT2D eigenvalue weighted by molar-refractivity contribution is 5.75. The third-order valence-electron chi connectivity index (χ3n) is 3.26. The molecule has 2 fully saturated rings. The van der Waals surface area contributed by atoms with Crippen LogP contribution in [0.5, 0.6) is 0 Å². The van der Waals surface area contributed by atoms with Gasteiger partial charge in [0.2, 0.25) is 0 Å². The van der Waals surface area contributed by atoms with Crippen molar-refractivity contribution in [2.75, 3.05) is 26.2 Å². The molecule has 2 amide bonds. The minimum absolute atomic E-state index is 0.00398. The van der Waals surface area contributed by atoms with Crippen molar-refractivity contribution in [2.45, 2.75) is 39.7 Å². The van der Waals surface area contributed by atoms with Crippen molar-refractivity contribution in [3.05, 3.63) is 0 Å². The molecule has 6 nitrogen and oxygen atoms in total. The summed E-state index contributed by atoms with van der Waals surface area (Å²) < 4.78 is 0. The Morgan fingerprint density at radius 2 is 1.68 bits per heavy atom. The second-order valence-electron chi connectivity index (χ2n) is 6.27. The quantitative estimate of drug-likeness (QED) is 0.812. The van der Waals surface area contributed by atoms with Crippen LogP contribution in [0.15, 0.2) is 0 Å². The molecule has 1 saturated heterocycles. The lowest BCUT2D eigenvalue weighted by Crippen LogP contribution is -2.52. The van der Waals surface area contributed by atoms with Crippen LogP contribution in [0.3, 0.4) is 0 Å². The van der Waals surface area contributed by atoms with Gasteiger partial charge in [0, 0.05) is 19.1 Å². The number of hydroxylamine groups is 2. The van der Waals surface area contributed by atoms with Crippen LogP contribution in [-0.4, -0.2) is 54.2 Å². The first-order valence-electron chi connectivity index (χ1n) is 6.89. The first-order valence-corrected chi connectivity index (χ1v) is 6.89. The largest absolute Gasteiger partial charge is 0.367 e. The number of carbonyl (C=O) groups excluding carboxylic acids is 2. The van der Waals surface area contributed by atoms with Crippen molar-refractivity contribution in [2.24, 2.45) is 5.41 Å². The Labute approximate surface area is 114 Å². The zero-order valence-corrected chi connectivity index (χ0v) is 11.9. The Hall–Kier alpha value is -1.30. The van der Waals surface area contributed by atoms with Crippen molar-refractivity contribution in [1.29, 1.82) is 0 Å². The van der Waals surface area contributed by atoms with Crippen molar-refractivity contribution in [1.82, 2.24) is 15.3 Å². The van der Waals surface area contributed by atoms with E-state index in [2.05, 4.69) is 5.32 Å². The van der Waals surface area contributed by atoms with Crippen LogP contribution >= 0.6 is 0 Å². The lowest BCUT2D eigenvalue weighted by molar-refractivity contribution is -0.205. The van der Waals surface area contributed by atoms with Crippen molar-refractivity contribution in [3.8, 4) is 0 Å². The number of rotatable bonds is 2. The zero-order valence-electron chi connectivity index (χ0n) is 11.9. The fourth-order valence-corrected chi connectivity index (χ4v) is 1.73. The lowest BCUT2D eigenvalue weighted by atomic mass is 9.98. The van der Waals surface area contributed by atoms with Crippen molar-refractivity contribution >= 4 is 12.0 Å². The fourth-order valence-electron chi connectivity index (χ4n) is 1.73. The SMILES string of the molecule is CC(C)(C)C(=O)ON1CCN(C(=O)NC2CC2)CC1. The van der Waals surface area contributed by atoms with Crippen molar-refractivity contribution < 1.29 is 14.4 Å².